The average molecular weight is 1160 g/mol. The number of halogens is 1. The third-order valence-corrected chi connectivity index (χ3v) is 18.6. The number of furan rings is 3. The van der Waals surface area contributed by atoms with Crippen LogP contribution in [0.4, 0.5) is 4.39 Å². The van der Waals surface area contributed by atoms with Crippen LogP contribution in [-0.2, 0) is 10.8 Å². The second-order valence-electron chi connectivity index (χ2n) is 24.3. The number of fused-ring (bicyclic) bond motifs is 20. The number of rotatable bonds is 5. The average Bonchev–Trinajstić information content (AvgIpc) is 1.55. The molecular weight excluding hydrogens is 1100 g/mol. The van der Waals surface area contributed by atoms with E-state index in [1.165, 1.54) is 39.3 Å². The maximum atomic E-state index is 14.8. The van der Waals surface area contributed by atoms with Crippen molar-refractivity contribution in [3.63, 3.8) is 0 Å². The number of aromatic hydroxyl groups is 1. The van der Waals surface area contributed by atoms with Gasteiger partial charge in [-0.1, -0.05) is 210 Å². The summed E-state index contributed by atoms with van der Waals surface area (Å²) < 4.78 is 38.7. The van der Waals surface area contributed by atoms with Crippen molar-refractivity contribution in [3.05, 3.63) is 259 Å². The Balaban J connectivity index is 0.000000133. The number of nitrogens with zero attached hydrogens (tertiary/aromatic N) is 6. The minimum Gasteiger partial charge on any atom is -0.504 e. The molecule has 0 unspecified atom stereocenters. The minimum absolute atomic E-state index is 0.140. The third-order valence-electron chi connectivity index (χ3n) is 18.6. The normalized spacial score (nSPS) is 13.7. The summed E-state index contributed by atoms with van der Waals surface area (Å²) in [5, 5.41) is 17.5. The molecule has 7 heterocycles. The quantitative estimate of drug-likeness (QED) is 0.181. The van der Waals surface area contributed by atoms with E-state index in [4.69, 9.17) is 33.2 Å². The Labute approximate surface area is 508 Å². The molecule has 2 aliphatic carbocycles. The van der Waals surface area contributed by atoms with Gasteiger partial charge < -0.3 is 18.4 Å². The van der Waals surface area contributed by atoms with Crippen molar-refractivity contribution in [1.29, 1.82) is 0 Å². The number of para-hydroxylation sites is 3. The highest BCUT2D eigenvalue weighted by Crippen LogP contribution is 2.56. The van der Waals surface area contributed by atoms with Crippen molar-refractivity contribution < 1.29 is 22.7 Å². The fourth-order valence-corrected chi connectivity index (χ4v) is 14.6. The van der Waals surface area contributed by atoms with Crippen LogP contribution in [0.3, 0.4) is 0 Å². The van der Waals surface area contributed by atoms with E-state index < -0.39 is 5.82 Å². The van der Waals surface area contributed by atoms with Crippen LogP contribution in [0.25, 0.3) is 156 Å². The molecule has 0 fully saturated rings. The number of hydrogen-bond donors (Lipinski definition) is 1. The van der Waals surface area contributed by atoms with Crippen LogP contribution in [0.2, 0.25) is 0 Å². The van der Waals surface area contributed by atoms with E-state index >= 15 is 0 Å². The predicted octanol–water partition coefficient (Wildman–Crippen LogP) is 20.0. The Hall–Kier alpha value is -11.4. The van der Waals surface area contributed by atoms with E-state index in [0.29, 0.717) is 56.4 Å². The lowest BCUT2D eigenvalue weighted by Crippen LogP contribution is -2.14. The molecule has 0 amide bonds. The summed E-state index contributed by atoms with van der Waals surface area (Å²) in [6.07, 6.45) is 0. The molecule has 10 nitrogen and oxygen atoms in total. The van der Waals surface area contributed by atoms with E-state index in [1.807, 2.05) is 78.9 Å². The maximum Gasteiger partial charge on any atom is 0.236 e. The molecular formula is C78H51FN6O4. The van der Waals surface area contributed by atoms with Gasteiger partial charge in [-0.15, -0.1) is 0 Å². The monoisotopic (exact) mass is 1150 g/mol. The zero-order chi connectivity index (χ0) is 59.6. The smallest absolute Gasteiger partial charge is 0.236 e. The first-order chi connectivity index (χ1) is 43.5. The number of benzene rings is 10. The number of aromatic nitrogens is 6. The Morgan fingerprint density at radius 1 is 0.360 bits per heavy atom. The molecule has 7 aromatic heterocycles. The van der Waals surface area contributed by atoms with Crippen LogP contribution in [0.15, 0.2) is 244 Å². The van der Waals surface area contributed by atoms with Crippen molar-refractivity contribution in [2.75, 3.05) is 0 Å². The van der Waals surface area contributed by atoms with E-state index in [0.717, 1.165) is 83.0 Å². The fraction of sp³-hybridized carbons (Fsp3) is 0.0769. The van der Waals surface area contributed by atoms with Crippen molar-refractivity contribution in [2.24, 2.45) is 0 Å². The van der Waals surface area contributed by atoms with Crippen LogP contribution in [0.1, 0.15) is 49.9 Å². The first-order valence-corrected chi connectivity index (χ1v) is 29.9. The molecule has 10 aromatic carbocycles. The minimum atomic E-state index is -0.424. The highest BCUT2D eigenvalue weighted by molar-refractivity contribution is 6.19. The lowest BCUT2D eigenvalue weighted by atomic mass is 9.81. The topological polar surface area (TPSA) is 121 Å². The van der Waals surface area contributed by atoms with Gasteiger partial charge >= 0.3 is 0 Å². The van der Waals surface area contributed by atoms with Crippen molar-refractivity contribution in [2.45, 2.75) is 38.5 Å². The first kappa shape index (κ1) is 50.9. The van der Waals surface area contributed by atoms with Gasteiger partial charge in [-0.05, 0) is 70.8 Å². The highest BCUT2D eigenvalue weighted by Gasteiger charge is 2.43. The van der Waals surface area contributed by atoms with Crippen LogP contribution in [0.5, 0.6) is 5.75 Å². The van der Waals surface area contributed by atoms with Crippen molar-refractivity contribution >= 4 is 87.9 Å². The van der Waals surface area contributed by atoms with E-state index in [2.05, 4.69) is 158 Å². The summed E-state index contributed by atoms with van der Waals surface area (Å²) >= 11 is 0. The van der Waals surface area contributed by atoms with Gasteiger partial charge in [0.25, 0.3) is 0 Å². The van der Waals surface area contributed by atoms with E-state index in [9.17, 15) is 9.50 Å². The van der Waals surface area contributed by atoms with E-state index in [1.54, 1.807) is 24.3 Å². The molecule has 0 radical (unpaired) electrons. The largest absolute Gasteiger partial charge is 0.504 e. The predicted molar refractivity (Wildman–Crippen MR) is 353 cm³/mol. The molecule has 17 aromatic rings. The first-order valence-electron chi connectivity index (χ1n) is 29.9. The van der Waals surface area contributed by atoms with Gasteiger partial charge in [-0.25, -0.2) is 24.3 Å². The van der Waals surface area contributed by atoms with Crippen LogP contribution >= 0.6 is 0 Å². The van der Waals surface area contributed by atoms with Gasteiger partial charge in [0.1, 0.15) is 33.8 Å². The number of phenolic OH excluding ortho intramolecular Hbond substituents is 1. The van der Waals surface area contributed by atoms with Gasteiger partial charge in [0, 0.05) is 65.8 Å². The molecule has 0 saturated heterocycles. The summed E-state index contributed by atoms with van der Waals surface area (Å²) in [4.78, 5) is 21.0. The summed E-state index contributed by atoms with van der Waals surface area (Å²) in [6, 6.07) is 76.6. The van der Waals surface area contributed by atoms with Gasteiger partial charge in [0.15, 0.2) is 33.7 Å². The molecule has 89 heavy (non-hydrogen) atoms. The number of phenols is 1. The molecule has 11 heteroatoms. The van der Waals surface area contributed by atoms with Gasteiger partial charge in [0.2, 0.25) is 11.9 Å². The third kappa shape index (κ3) is 7.12. The van der Waals surface area contributed by atoms with E-state index in [-0.39, 0.29) is 22.2 Å². The number of hydrogen-bond acceptors (Lipinski definition) is 8. The molecule has 0 saturated carbocycles. The van der Waals surface area contributed by atoms with Crippen LogP contribution in [-0.4, -0.2) is 34.2 Å². The van der Waals surface area contributed by atoms with Crippen LogP contribution in [0, 0.1) is 5.82 Å². The second-order valence-corrected chi connectivity index (χ2v) is 24.3. The standard InChI is InChI=1S/C39H26FN3O2.C39H25N3O2/c1-39(2)28-17-9-6-15-25(28)34-31(39)26-16-8-11-19-30(26)43(34)38-41-32(22-12-4-3-5-13-22)37-33(42-38)27-21-20-24(35(44)36(27)45-37)23-14-7-10-18-29(23)40;1-39(2)28-17-9-6-15-25(28)34-31(39)26-16-7-10-18-29(26)42(34)38-40-32(22-12-4-3-5-13-22)37-33(41-38)27-21-20-24-23-14-8-11-19-30(23)43-35(24)36(27)44-37/h3-21,44H,1-2H3;3-21H,1-2H3. The maximum absolute atomic E-state index is 14.8. The fourth-order valence-electron chi connectivity index (χ4n) is 14.6. The Morgan fingerprint density at radius 3 is 1.35 bits per heavy atom. The van der Waals surface area contributed by atoms with Gasteiger partial charge in [-0.2, -0.15) is 0 Å². The summed E-state index contributed by atoms with van der Waals surface area (Å²) in [5.74, 6) is 0.561. The zero-order valence-corrected chi connectivity index (χ0v) is 48.7. The molecule has 424 valence electrons. The van der Waals surface area contributed by atoms with Gasteiger partial charge in [0.05, 0.1) is 33.2 Å². The highest BCUT2D eigenvalue weighted by atomic mass is 19.1. The molecule has 0 spiro atoms. The lowest BCUT2D eigenvalue weighted by molar-refractivity contribution is 0.470. The molecule has 2 aliphatic rings. The zero-order valence-electron chi connectivity index (χ0n) is 48.7. The van der Waals surface area contributed by atoms with Gasteiger partial charge in [-0.3, -0.25) is 9.13 Å². The Bertz CT molecular complexity index is 5850. The molecule has 0 aliphatic heterocycles. The second kappa shape index (κ2) is 18.5. The summed E-state index contributed by atoms with van der Waals surface area (Å²) in [7, 11) is 0. The summed E-state index contributed by atoms with van der Waals surface area (Å²) in [6.45, 7) is 9.17. The molecule has 1 N–H and O–H groups in total. The van der Waals surface area contributed by atoms with Crippen LogP contribution < -0.4 is 0 Å². The molecule has 19 rings (SSSR count). The SMILES string of the molecule is CC1(C)c2ccccc2-c2c1c1ccccc1n2-c1nc(-c2ccccc2)c2oc3c(O)c(-c4ccccc4F)ccc3c2n1.CC1(C)c2ccccc2-c2c1c1ccccc1n2-c1nc(-c2ccccc2)c2oc3c(ccc4c5ccccc5oc43)c2n1. The Morgan fingerprint density at radius 2 is 0.787 bits per heavy atom. The summed E-state index contributed by atoms with van der Waals surface area (Å²) in [5.41, 5.74) is 20.2. The molecule has 0 bridgehead atoms. The Kier molecular flexibility index (Phi) is 10.6. The lowest BCUT2D eigenvalue weighted by Gasteiger charge is -2.21. The van der Waals surface area contributed by atoms with Crippen molar-refractivity contribution in [1.82, 2.24) is 29.1 Å². The molecule has 0 atom stereocenters. The van der Waals surface area contributed by atoms with Crippen molar-refractivity contribution in [3.8, 4) is 73.8 Å².